The monoisotopic (exact) mass is 269 g/mol. The van der Waals surface area contributed by atoms with E-state index in [1.807, 2.05) is 6.92 Å². The molecule has 1 amide bonds. The van der Waals surface area contributed by atoms with Crippen LogP contribution in [0.1, 0.15) is 39.0 Å². The molecule has 0 aliphatic carbocycles. The fourth-order valence-corrected chi connectivity index (χ4v) is 1.40. The average molecular weight is 269 g/mol. The maximum Gasteiger partial charge on any atom is 0.315 e. The molecule has 1 aromatic heterocycles. The van der Waals surface area contributed by atoms with E-state index < -0.39 is 0 Å². The molecular weight excluding hydrogens is 246 g/mol. The average Bonchev–Trinajstić information content (AvgIpc) is 2.84. The predicted octanol–water partition coefficient (Wildman–Crippen LogP) is 0.897. The summed E-state index contributed by atoms with van der Waals surface area (Å²) in [6.07, 6.45) is 2.40. The van der Waals surface area contributed by atoms with Crippen LogP contribution in [0.2, 0.25) is 0 Å². The molecule has 0 saturated carbocycles. The summed E-state index contributed by atoms with van der Waals surface area (Å²) in [6, 6.07) is 0.358. The van der Waals surface area contributed by atoms with Crippen LogP contribution < -0.4 is 16.0 Å². The lowest BCUT2D eigenvalue weighted by Crippen LogP contribution is -2.25. The first kappa shape index (κ1) is 15.4. The molecule has 1 rings (SSSR count). The molecule has 108 valence electrons. The van der Waals surface area contributed by atoms with Gasteiger partial charge in [-0.05, 0) is 19.4 Å². The van der Waals surface area contributed by atoms with Crippen LogP contribution in [0.4, 0.5) is 6.01 Å². The zero-order valence-electron chi connectivity index (χ0n) is 11.7. The van der Waals surface area contributed by atoms with Gasteiger partial charge in [0.15, 0.2) is 0 Å². The number of nitrogens with zero attached hydrogens (tertiary/aromatic N) is 2. The molecule has 0 unspecified atom stereocenters. The second-order valence-electron chi connectivity index (χ2n) is 4.20. The number of amides is 1. The van der Waals surface area contributed by atoms with Crippen molar-refractivity contribution in [2.45, 2.75) is 39.7 Å². The van der Waals surface area contributed by atoms with Gasteiger partial charge in [-0.3, -0.25) is 4.79 Å². The molecule has 0 aromatic carbocycles. The van der Waals surface area contributed by atoms with Crippen LogP contribution >= 0.6 is 0 Å². The topological polar surface area (TPSA) is 92.1 Å². The summed E-state index contributed by atoms with van der Waals surface area (Å²) >= 11 is 0. The van der Waals surface area contributed by atoms with Crippen molar-refractivity contribution in [1.82, 2.24) is 20.8 Å². The van der Waals surface area contributed by atoms with Crippen molar-refractivity contribution in [2.24, 2.45) is 0 Å². The number of anilines is 1. The highest BCUT2D eigenvalue weighted by atomic mass is 16.4. The van der Waals surface area contributed by atoms with Gasteiger partial charge in [0.2, 0.25) is 11.8 Å². The second kappa shape index (κ2) is 9.32. The van der Waals surface area contributed by atoms with Crippen LogP contribution in [0.25, 0.3) is 0 Å². The zero-order chi connectivity index (χ0) is 13.9. The number of carbonyl (C=O) groups excluding carboxylic acids is 1. The van der Waals surface area contributed by atoms with Gasteiger partial charge >= 0.3 is 6.01 Å². The van der Waals surface area contributed by atoms with Crippen molar-refractivity contribution in [3.63, 3.8) is 0 Å². The Bertz CT molecular complexity index is 367. The summed E-state index contributed by atoms with van der Waals surface area (Å²) < 4.78 is 5.37. The Morgan fingerprint density at radius 1 is 1.16 bits per heavy atom. The van der Waals surface area contributed by atoms with Gasteiger partial charge in [-0.15, -0.1) is 5.10 Å². The Balaban J connectivity index is 2.17. The Labute approximate surface area is 113 Å². The molecule has 7 nitrogen and oxygen atoms in total. The summed E-state index contributed by atoms with van der Waals surface area (Å²) in [7, 11) is 0. The fraction of sp³-hybridized carbons (Fsp3) is 0.750. The Morgan fingerprint density at radius 2 is 1.95 bits per heavy atom. The first-order valence-corrected chi connectivity index (χ1v) is 6.80. The maximum absolute atomic E-state index is 11.3. The van der Waals surface area contributed by atoms with Crippen molar-refractivity contribution >= 4 is 11.9 Å². The van der Waals surface area contributed by atoms with Gasteiger partial charge in [-0.1, -0.05) is 18.9 Å². The van der Waals surface area contributed by atoms with E-state index in [2.05, 4.69) is 33.1 Å². The standard InChI is InChI=1S/C12H23N5O2/c1-3-6-13-9-11-16-17-12(19-11)15-8-5-10(18)14-7-4-2/h13H,3-9H2,1-2H3,(H,14,18)(H,15,17). The van der Waals surface area contributed by atoms with Gasteiger partial charge < -0.3 is 20.4 Å². The lowest BCUT2D eigenvalue weighted by Gasteiger charge is -2.03. The molecule has 0 aliphatic rings. The van der Waals surface area contributed by atoms with Crippen LogP contribution in [0.3, 0.4) is 0 Å². The number of hydrogen-bond donors (Lipinski definition) is 3. The van der Waals surface area contributed by atoms with Crippen molar-refractivity contribution in [3.05, 3.63) is 5.89 Å². The molecule has 19 heavy (non-hydrogen) atoms. The number of rotatable bonds is 10. The van der Waals surface area contributed by atoms with Crippen molar-refractivity contribution in [2.75, 3.05) is 25.0 Å². The minimum Gasteiger partial charge on any atom is -0.407 e. The molecule has 0 fully saturated rings. The zero-order valence-corrected chi connectivity index (χ0v) is 11.7. The minimum absolute atomic E-state index is 0.0266. The van der Waals surface area contributed by atoms with Gasteiger partial charge in [0, 0.05) is 19.5 Å². The molecule has 1 heterocycles. The summed E-state index contributed by atoms with van der Waals surface area (Å²) in [5.41, 5.74) is 0. The van der Waals surface area contributed by atoms with Crippen LogP contribution in [0.15, 0.2) is 4.42 Å². The van der Waals surface area contributed by atoms with E-state index in [1.165, 1.54) is 0 Å². The Hall–Kier alpha value is -1.63. The smallest absolute Gasteiger partial charge is 0.315 e. The highest BCUT2D eigenvalue weighted by Crippen LogP contribution is 2.04. The van der Waals surface area contributed by atoms with E-state index in [0.29, 0.717) is 38.0 Å². The number of aromatic nitrogens is 2. The second-order valence-corrected chi connectivity index (χ2v) is 4.20. The third kappa shape index (κ3) is 6.76. The SMILES string of the molecule is CCCNCc1nnc(NCCC(=O)NCCC)o1. The first-order valence-electron chi connectivity index (χ1n) is 6.80. The molecule has 1 aromatic rings. The summed E-state index contributed by atoms with van der Waals surface area (Å²) in [5.74, 6) is 0.574. The highest BCUT2D eigenvalue weighted by molar-refractivity contribution is 5.76. The van der Waals surface area contributed by atoms with Gasteiger partial charge in [-0.2, -0.15) is 0 Å². The molecule has 0 radical (unpaired) electrons. The third-order valence-corrected chi connectivity index (χ3v) is 2.37. The summed E-state index contributed by atoms with van der Waals surface area (Å²) in [4.78, 5) is 11.3. The van der Waals surface area contributed by atoms with E-state index in [-0.39, 0.29) is 5.91 Å². The van der Waals surface area contributed by atoms with E-state index in [9.17, 15) is 4.79 Å². The molecule has 0 atom stereocenters. The van der Waals surface area contributed by atoms with Gasteiger partial charge in [0.1, 0.15) is 0 Å². The number of nitrogens with one attached hydrogen (secondary N) is 3. The largest absolute Gasteiger partial charge is 0.407 e. The van der Waals surface area contributed by atoms with Gasteiger partial charge in [0.05, 0.1) is 6.54 Å². The third-order valence-electron chi connectivity index (χ3n) is 2.37. The molecular formula is C12H23N5O2. The van der Waals surface area contributed by atoms with Crippen molar-refractivity contribution < 1.29 is 9.21 Å². The Kier molecular flexibility index (Phi) is 7.57. The van der Waals surface area contributed by atoms with Gasteiger partial charge in [-0.25, -0.2) is 0 Å². The lowest BCUT2D eigenvalue weighted by atomic mass is 10.4. The van der Waals surface area contributed by atoms with E-state index in [1.54, 1.807) is 0 Å². The van der Waals surface area contributed by atoms with Gasteiger partial charge in [0.25, 0.3) is 0 Å². The highest BCUT2D eigenvalue weighted by Gasteiger charge is 2.05. The molecule has 0 bridgehead atoms. The first-order chi connectivity index (χ1) is 9.26. The van der Waals surface area contributed by atoms with E-state index in [0.717, 1.165) is 19.4 Å². The molecule has 7 heteroatoms. The number of hydrogen-bond acceptors (Lipinski definition) is 6. The molecule has 0 spiro atoms. The Morgan fingerprint density at radius 3 is 2.68 bits per heavy atom. The van der Waals surface area contributed by atoms with Crippen LogP contribution in [-0.2, 0) is 11.3 Å². The summed E-state index contributed by atoms with van der Waals surface area (Å²) in [6.45, 7) is 6.80. The molecule has 3 N–H and O–H groups in total. The fourth-order valence-electron chi connectivity index (χ4n) is 1.40. The number of carbonyl (C=O) groups is 1. The quantitative estimate of drug-likeness (QED) is 0.546. The van der Waals surface area contributed by atoms with Crippen molar-refractivity contribution in [3.8, 4) is 0 Å². The van der Waals surface area contributed by atoms with Crippen LogP contribution in [0, 0.1) is 0 Å². The maximum atomic E-state index is 11.3. The van der Waals surface area contributed by atoms with Crippen LogP contribution in [-0.4, -0.2) is 35.7 Å². The van der Waals surface area contributed by atoms with Crippen LogP contribution in [0.5, 0.6) is 0 Å². The summed E-state index contributed by atoms with van der Waals surface area (Å²) in [5, 5.41) is 16.7. The molecule has 0 aliphatic heterocycles. The normalized spacial score (nSPS) is 10.4. The molecule has 0 saturated heterocycles. The van der Waals surface area contributed by atoms with Crippen molar-refractivity contribution in [1.29, 1.82) is 0 Å². The van der Waals surface area contributed by atoms with E-state index in [4.69, 9.17) is 4.42 Å². The predicted molar refractivity (Wildman–Crippen MR) is 72.7 cm³/mol. The minimum atomic E-state index is 0.0266. The van der Waals surface area contributed by atoms with E-state index >= 15 is 0 Å². The lowest BCUT2D eigenvalue weighted by molar-refractivity contribution is -0.120.